The number of aryl methyl sites for hydroxylation is 1. The van der Waals surface area contributed by atoms with Crippen LogP contribution in [-0.4, -0.2) is 23.3 Å². The van der Waals surface area contributed by atoms with Gasteiger partial charge in [-0.3, -0.25) is 0 Å². The summed E-state index contributed by atoms with van der Waals surface area (Å²) in [6.45, 7) is 5.95. The van der Waals surface area contributed by atoms with Gasteiger partial charge in [0.05, 0.1) is 0 Å². The first-order chi connectivity index (χ1) is 8.98. The van der Waals surface area contributed by atoms with Crippen molar-refractivity contribution in [2.45, 2.75) is 45.6 Å². The van der Waals surface area contributed by atoms with Crippen LogP contribution in [0.25, 0.3) is 0 Å². The van der Waals surface area contributed by atoms with Crippen LogP contribution in [0.4, 0.5) is 10.5 Å². The van der Waals surface area contributed by atoms with Crippen LogP contribution in [0.5, 0.6) is 0 Å². The first-order valence-electron chi connectivity index (χ1n) is 6.76. The number of aliphatic hydroxyl groups excluding tert-OH is 1. The minimum Gasteiger partial charge on any atom is -0.396 e. The lowest BCUT2D eigenvalue weighted by atomic mass is 10.0. The lowest BCUT2D eigenvalue weighted by Crippen LogP contribution is -2.46. The van der Waals surface area contributed by atoms with Gasteiger partial charge in [0.15, 0.2) is 0 Å². The van der Waals surface area contributed by atoms with Gasteiger partial charge in [-0.15, -0.1) is 0 Å². The molecule has 0 aliphatic carbocycles. The third-order valence-corrected chi connectivity index (χ3v) is 2.97. The predicted octanol–water partition coefficient (Wildman–Crippen LogP) is 2.92. The van der Waals surface area contributed by atoms with E-state index in [0.717, 1.165) is 24.1 Å². The molecular weight excluding hydrogens is 240 g/mol. The Labute approximate surface area is 115 Å². The van der Waals surface area contributed by atoms with E-state index in [4.69, 9.17) is 5.11 Å². The Kier molecular flexibility index (Phi) is 5.83. The molecule has 0 saturated carbocycles. The van der Waals surface area contributed by atoms with E-state index in [9.17, 15) is 4.79 Å². The highest BCUT2D eigenvalue weighted by Gasteiger charge is 2.19. The number of rotatable bonds is 6. The fourth-order valence-corrected chi connectivity index (χ4v) is 1.93. The van der Waals surface area contributed by atoms with Gasteiger partial charge in [-0.1, -0.05) is 31.5 Å². The van der Waals surface area contributed by atoms with Crippen LogP contribution >= 0.6 is 0 Å². The zero-order valence-corrected chi connectivity index (χ0v) is 12.0. The Morgan fingerprint density at radius 1 is 1.32 bits per heavy atom. The molecule has 0 aromatic heterocycles. The minimum atomic E-state index is -0.418. The highest BCUT2D eigenvalue weighted by Crippen LogP contribution is 2.17. The van der Waals surface area contributed by atoms with Crippen molar-refractivity contribution >= 4 is 11.7 Å². The SMILES string of the molecule is CCCc1ccccc1NC(=O)NC(C)(C)CCO. The zero-order chi connectivity index (χ0) is 14.3. The average Bonchev–Trinajstić information content (AvgIpc) is 2.31. The first kappa shape index (κ1) is 15.5. The largest absolute Gasteiger partial charge is 0.396 e. The van der Waals surface area contributed by atoms with Crippen molar-refractivity contribution in [3.05, 3.63) is 29.8 Å². The van der Waals surface area contributed by atoms with E-state index >= 15 is 0 Å². The molecule has 0 bridgehead atoms. The van der Waals surface area contributed by atoms with Gasteiger partial charge in [0, 0.05) is 17.8 Å². The van der Waals surface area contributed by atoms with Crippen LogP contribution < -0.4 is 10.6 Å². The summed E-state index contributed by atoms with van der Waals surface area (Å²) in [5.41, 5.74) is 1.57. The molecule has 1 aromatic rings. The highest BCUT2D eigenvalue weighted by molar-refractivity contribution is 5.90. The van der Waals surface area contributed by atoms with Crippen LogP contribution in [0.1, 0.15) is 39.2 Å². The number of carbonyl (C=O) groups is 1. The topological polar surface area (TPSA) is 61.4 Å². The lowest BCUT2D eigenvalue weighted by molar-refractivity contribution is 0.218. The maximum atomic E-state index is 12.0. The van der Waals surface area contributed by atoms with E-state index in [1.807, 2.05) is 38.1 Å². The maximum Gasteiger partial charge on any atom is 0.319 e. The third-order valence-electron chi connectivity index (χ3n) is 2.97. The molecule has 0 heterocycles. The Balaban J connectivity index is 2.66. The molecule has 2 amide bonds. The number of anilines is 1. The second kappa shape index (κ2) is 7.14. The molecule has 0 saturated heterocycles. The molecule has 0 fully saturated rings. The normalized spacial score (nSPS) is 11.2. The molecule has 0 aliphatic rings. The summed E-state index contributed by atoms with van der Waals surface area (Å²) in [5, 5.41) is 14.7. The summed E-state index contributed by atoms with van der Waals surface area (Å²) >= 11 is 0. The number of hydrogen-bond donors (Lipinski definition) is 3. The van der Waals surface area contributed by atoms with Crippen LogP contribution in [-0.2, 0) is 6.42 Å². The Hall–Kier alpha value is -1.55. The minimum absolute atomic E-state index is 0.0553. The second-order valence-corrected chi connectivity index (χ2v) is 5.34. The summed E-state index contributed by atoms with van der Waals surface area (Å²) in [4.78, 5) is 12.0. The molecule has 3 N–H and O–H groups in total. The standard InChI is InChI=1S/C15H24N2O2/c1-4-7-12-8-5-6-9-13(12)16-14(19)17-15(2,3)10-11-18/h5-6,8-9,18H,4,7,10-11H2,1-3H3,(H2,16,17,19). The number of benzene rings is 1. The number of aliphatic hydroxyl groups is 1. The lowest BCUT2D eigenvalue weighted by Gasteiger charge is -2.25. The number of urea groups is 1. The van der Waals surface area contributed by atoms with Gasteiger partial charge in [-0.05, 0) is 38.3 Å². The molecular formula is C15H24N2O2. The van der Waals surface area contributed by atoms with E-state index in [-0.39, 0.29) is 12.6 Å². The Morgan fingerprint density at radius 3 is 2.63 bits per heavy atom. The van der Waals surface area contributed by atoms with Crippen molar-refractivity contribution in [1.82, 2.24) is 5.32 Å². The van der Waals surface area contributed by atoms with E-state index in [0.29, 0.717) is 6.42 Å². The molecule has 0 atom stereocenters. The molecule has 0 radical (unpaired) electrons. The van der Waals surface area contributed by atoms with Crippen LogP contribution in [0.3, 0.4) is 0 Å². The zero-order valence-electron chi connectivity index (χ0n) is 12.0. The molecule has 0 unspecified atom stereocenters. The van der Waals surface area contributed by atoms with E-state index in [2.05, 4.69) is 17.6 Å². The fourth-order valence-electron chi connectivity index (χ4n) is 1.93. The van der Waals surface area contributed by atoms with E-state index < -0.39 is 5.54 Å². The van der Waals surface area contributed by atoms with Crippen molar-refractivity contribution in [1.29, 1.82) is 0 Å². The van der Waals surface area contributed by atoms with Gasteiger partial charge in [-0.25, -0.2) is 4.79 Å². The number of para-hydroxylation sites is 1. The molecule has 1 aromatic carbocycles. The predicted molar refractivity (Wildman–Crippen MR) is 78.4 cm³/mol. The maximum absolute atomic E-state index is 12.0. The monoisotopic (exact) mass is 264 g/mol. The Bertz CT molecular complexity index is 416. The van der Waals surface area contributed by atoms with Crippen molar-refractivity contribution in [2.24, 2.45) is 0 Å². The number of carbonyl (C=O) groups excluding carboxylic acids is 1. The number of hydrogen-bond acceptors (Lipinski definition) is 2. The van der Waals surface area contributed by atoms with Crippen LogP contribution in [0.15, 0.2) is 24.3 Å². The van der Waals surface area contributed by atoms with E-state index in [1.165, 1.54) is 0 Å². The number of amides is 2. The van der Waals surface area contributed by atoms with E-state index in [1.54, 1.807) is 0 Å². The third kappa shape index (κ3) is 5.30. The van der Waals surface area contributed by atoms with Crippen molar-refractivity contribution in [3.8, 4) is 0 Å². The summed E-state index contributed by atoms with van der Waals surface area (Å²) in [7, 11) is 0. The quantitative estimate of drug-likeness (QED) is 0.740. The molecule has 0 spiro atoms. The summed E-state index contributed by atoms with van der Waals surface area (Å²) in [5.74, 6) is 0. The molecule has 4 heteroatoms. The van der Waals surface area contributed by atoms with Gasteiger partial charge in [0.25, 0.3) is 0 Å². The van der Waals surface area contributed by atoms with Crippen LogP contribution in [0.2, 0.25) is 0 Å². The van der Waals surface area contributed by atoms with Crippen molar-refractivity contribution in [2.75, 3.05) is 11.9 Å². The second-order valence-electron chi connectivity index (χ2n) is 5.34. The molecule has 0 aliphatic heterocycles. The van der Waals surface area contributed by atoms with Crippen molar-refractivity contribution < 1.29 is 9.90 Å². The first-order valence-corrected chi connectivity index (χ1v) is 6.76. The summed E-state index contributed by atoms with van der Waals surface area (Å²) in [6, 6.07) is 7.58. The van der Waals surface area contributed by atoms with Gasteiger partial charge in [0.1, 0.15) is 0 Å². The van der Waals surface area contributed by atoms with Gasteiger partial charge in [-0.2, -0.15) is 0 Å². The molecule has 19 heavy (non-hydrogen) atoms. The van der Waals surface area contributed by atoms with Crippen molar-refractivity contribution in [3.63, 3.8) is 0 Å². The molecule has 4 nitrogen and oxygen atoms in total. The smallest absolute Gasteiger partial charge is 0.319 e. The molecule has 106 valence electrons. The number of nitrogens with one attached hydrogen (secondary N) is 2. The van der Waals surface area contributed by atoms with Gasteiger partial charge >= 0.3 is 6.03 Å². The van der Waals surface area contributed by atoms with Crippen LogP contribution in [0, 0.1) is 0 Å². The fraction of sp³-hybridized carbons (Fsp3) is 0.533. The average molecular weight is 264 g/mol. The molecule has 1 rings (SSSR count). The Morgan fingerprint density at radius 2 is 2.00 bits per heavy atom. The summed E-state index contributed by atoms with van der Waals surface area (Å²) in [6.07, 6.45) is 2.50. The van der Waals surface area contributed by atoms with Gasteiger partial charge < -0.3 is 15.7 Å². The van der Waals surface area contributed by atoms with Gasteiger partial charge in [0.2, 0.25) is 0 Å². The highest BCUT2D eigenvalue weighted by atomic mass is 16.3. The summed E-state index contributed by atoms with van der Waals surface area (Å²) < 4.78 is 0.